The summed E-state index contributed by atoms with van der Waals surface area (Å²) in [7, 11) is 0. The SMILES string of the molecule is C=Cc1ccc(Cc2c(C(=O)O)ccc3c2C(=C(C#N)C#N)c2ccccc2-3)cc1. The van der Waals surface area contributed by atoms with Crippen LogP contribution in [-0.4, -0.2) is 11.1 Å². The van der Waals surface area contributed by atoms with Crippen molar-refractivity contribution in [3.63, 3.8) is 0 Å². The van der Waals surface area contributed by atoms with Crippen molar-refractivity contribution in [2.75, 3.05) is 0 Å². The van der Waals surface area contributed by atoms with Crippen LogP contribution in [0.4, 0.5) is 0 Å². The summed E-state index contributed by atoms with van der Waals surface area (Å²) in [6.45, 7) is 3.76. The Morgan fingerprint density at radius 3 is 2.20 bits per heavy atom. The van der Waals surface area contributed by atoms with Crippen LogP contribution in [-0.2, 0) is 6.42 Å². The first-order valence-corrected chi connectivity index (χ1v) is 9.34. The Labute approximate surface area is 174 Å². The predicted molar refractivity (Wildman–Crippen MR) is 115 cm³/mol. The van der Waals surface area contributed by atoms with Gasteiger partial charge < -0.3 is 5.11 Å². The molecular formula is C26H16N2O2. The highest BCUT2D eigenvalue weighted by atomic mass is 16.4. The Morgan fingerprint density at radius 2 is 1.60 bits per heavy atom. The Hall–Kier alpha value is -4.41. The number of nitrogens with zero attached hydrogens (tertiary/aromatic N) is 2. The van der Waals surface area contributed by atoms with Gasteiger partial charge in [0.05, 0.1) is 5.56 Å². The number of carboxylic acids is 1. The minimum absolute atomic E-state index is 0.0213. The third-order valence-electron chi connectivity index (χ3n) is 5.35. The first-order chi connectivity index (χ1) is 14.6. The average molecular weight is 388 g/mol. The van der Waals surface area contributed by atoms with E-state index in [9.17, 15) is 20.4 Å². The molecule has 0 aliphatic heterocycles. The molecular weight excluding hydrogens is 372 g/mol. The molecule has 0 saturated heterocycles. The number of carboxylic acid groups (broad SMARTS) is 1. The van der Waals surface area contributed by atoms with Crippen LogP contribution in [0.5, 0.6) is 0 Å². The van der Waals surface area contributed by atoms with Gasteiger partial charge in [-0.25, -0.2) is 4.79 Å². The van der Waals surface area contributed by atoms with Gasteiger partial charge in [0, 0.05) is 5.57 Å². The van der Waals surface area contributed by atoms with Crippen molar-refractivity contribution in [2.24, 2.45) is 0 Å². The van der Waals surface area contributed by atoms with E-state index >= 15 is 0 Å². The number of hydrogen-bond donors (Lipinski definition) is 1. The molecule has 1 N–H and O–H groups in total. The summed E-state index contributed by atoms with van der Waals surface area (Å²) in [5.41, 5.74) is 6.32. The van der Waals surface area contributed by atoms with Crippen LogP contribution in [0.25, 0.3) is 22.8 Å². The van der Waals surface area contributed by atoms with E-state index in [-0.39, 0.29) is 11.1 Å². The van der Waals surface area contributed by atoms with Crippen LogP contribution < -0.4 is 0 Å². The third-order valence-corrected chi connectivity index (χ3v) is 5.35. The second-order valence-corrected chi connectivity index (χ2v) is 6.96. The summed E-state index contributed by atoms with van der Waals surface area (Å²) in [4.78, 5) is 12.0. The van der Waals surface area contributed by atoms with E-state index in [1.807, 2.05) is 60.7 Å². The summed E-state index contributed by atoms with van der Waals surface area (Å²) in [5, 5.41) is 29.1. The first kappa shape index (κ1) is 18.9. The van der Waals surface area contributed by atoms with Crippen molar-refractivity contribution in [1.82, 2.24) is 0 Å². The van der Waals surface area contributed by atoms with Gasteiger partial charge in [0.1, 0.15) is 17.7 Å². The zero-order valence-electron chi connectivity index (χ0n) is 16.0. The summed E-state index contributed by atoms with van der Waals surface area (Å²) >= 11 is 0. The lowest BCUT2D eigenvalue weighted by atomic mass is 9.88. The largest absolute Gasteiger partial charge is 0.478 e. The smallest absolute Gasteiger partial charge is 0.335 e. The fraction of sp³-hybridized carbons (Fsp3) is 0.0385. The van der Waals surface area contributed by atoms with Gasteiger partial charge >= 0.3 is 5.97 Å². The molecule has 0 atom stereocenters. The second-order valence-electron chi connectivity index (χ2n) is 6.96. The Morgan fingerprint density at radius 1 is 0.933 bits per heavy atom. The van der Waals surface area contributed by atoms with Crippen molar-refractivity contribution in [3.8, 4) is 23.3 Å². The number of fused-ring (bicyclic) bond motifs is 3. The lowest BCUT2D eigenvalue weighted by Gasteiger charge is -2.14. The van der Waals surface area contributed by atoms with Crippen molar-refractivity contribution >= 4 is 17.6 Å². The molecule has 0 unspecified atom stereocenters. The second kappa shape index (κ2) is 7.54. The highest BCUT2D eigenvalue weighted by Gasteiger charge is 2.31. The minimum Gasteiger partial charge on any atom is -0.478 e. The molecule has 4 rings (SSSR count). The van der Waals surface area contributed by atoms with E-state index in [0.29, 0.717) is 23.1 Å². The number of rotatable bonds is 4. The first-order valence-electron chi connectivity index (χ1n) is 9.34. The van der Waals surface area contributed by atoms with Gasteiger partial charge in [-0.2, -0.15) is 10.5 Å². The molecule has 1 aliphatic carbocycles. The fourth-order valence-corrected chi connectivity index (χ4v) is 3.98. The van der Waals surface area contributed by atoms with Gasteiger partial charge in [-0.1, -0.05) is 67.3 Å². The molecule has 3 aromatic carbocycles. The molecule has 0 spiro atoms. The molecule has 142 valence electrons. The van der Waals surface area contributed by atoms with Gasteiger partial charge in [0.2, 0.25) is 0 Å². The van der Waals surface area contributed by atoms with Gasteiger partial charge in [0.25, 0.3) is 0 Å². The average Bonchev–Trinajstić information content (AvgIpc) is 3.10. The maximum Gasteiger partial charge on any atom is 0.335 e. The quantitative estimate of drug-likeness (QED) is 0.471. The van der Waals surface area contributed by atoms with E-state index in [1.54, 1.807) is 18.2 Å². The van der Waals surface area contributed by atoms with Crippen molar-refractivity contribution < 1.29 is 9.90 Å². The molecule has 1 aliphatic rings. The van der Waals surface area contributed by atoms with E-state index in [2.05, 4.69) is 6.58 Å². The van der Waals surface area contributed by atoms with Crippen molar-refractivity contribution in [3.05, 3.63) is 106 Å². The van der Waals surface area contributed by atoms with Crippen LogP contribution in [0.2, 0.25) is 0 Å². The lowest BCUT2D eigenvalue weighted by Crippen LogP contribution is -2.07. The Bertz CT molecular complexity index is 1300. The molecule has 0 amide bonds. The highest BCUT2D eigenvalue weighted by Crippen LogP contribution is 2.48. The summed E-state index contributed by atoms with van der Waals surface area (Å²) in [6.07, 6.45) is 2.11. The maximum absolute atomic E-state index is 12.0. The number of hydrogen-bond acceptors (Lipinski definition) is 3. The van der Waals surface area contributed by atoms with Crippen LogP contribution >= 0.6 is 0 Å². The topological polar surface area (TPSA) is 84.9 Å². The molecule has 0 aromatic heterocycles. The van der Waals surface area contributed by atoms with Crippen molar-refractivity contribution in [2.45, 2.75) is 6.42 Å². The van der Waals surface area contributed by atoms with Crippen LogP contribution in [0.15, 0.2) is 72.8 Å². The van der Waals surface area contributed by atoms with E-state index in [0.717, 1.165) is 27.8 Å². The number of aromatic carboxylic acids is 1. The molecule has 0 saturated carbocycles. The van der Waals surface area contributed by atoms with E-state index < -0.39 is 5.97 Å². The van der Waals surface area contributed by atoms with Gasteiger partial charge in [-0.15, -0.1) is 0 Å². The van der Waals surface area contributed by atoms with Gasteiger partial charge in [-0.3, -0.25) is 0 Å². The number of benzene rings is 3. The van der Waals surface area contributed by atoms with Gasteiger partial charge in [0.15, 0.2) is 0 Å². The normalized spacial score (nSPS) is 11.1. The fourth-order valence-electron chi connectivity index (χ4n) is 3.98. The van der Waals surface area contributed by atoms with Crippen LogP contribution in [0.3, 0.4) is 0 Å². The third kappa shape index (κ3) is 2.98. The lowest BCUT2D eigenvalue weighted by molar-refractivity contribution is 0.0696. The predicted octanol–water partition coefficient (Wildman–Crippen LogP) is 5.45. The maximum atomic E-state index is 12.0. The summed E-state index contributed by atoms with van der Waals surface area (Å²) in [6, 6.07) is 22.6. The zero-order valence-corrected chi connectivity index (χ0v) is 16.0. The molecule has 4 nitrogen and oxygen atoms in total. The van der Waals surface area contributed by atoms with Gasteiger partial charge in [-0.05, 0) is 51.4 Å². The molecule has 30 heavy (non-hydrogen) atoms. The zero-order chi connectivity index (χ0) is 21.3. The number of carbonyl (C=O) groups is 1. The monoisotopic (exact) mass is 388 g/mol. The number of allylic oxidation sites excluding steroid dienone is 1. The molecule has 0 heterocycles. The standard InChI is InChI=1S/C26H16N2O2/c1-2-16-7-9-17(10-8-16)13-23-22(26(29)30)12-11-21-19-5-3-4-6-20(19)24(25(21)23)18(14-27)15-28/h2-12H,1,13H2,(H,29,30). The van der Waals surface area contributed by atoms with Crippen LogP contribution in [0.1, 0.15) is 38.2 Å². The molecule has 0 bridgehead atoms. The Balaban J connectivity index is 2.03. The Kier molecular flexibility index (Phi) is 4.76. The van der Waals surface area contributed by atoms with Crippen molar-refractivity contribution in [1.29, 1.82) is 10.5 Å². The molecule has 4 heteroatoms. The highest BCUT2D eigenvalue weighted by molar-refractivity contribution is 6.07. The summed E-state index contributed by atoms with van der Waals surface area (Å²) < 4.78 is 0. The van der Waals surface area contributed by atoms with E-state index in [4.69, 9.17) is 0 Å². The summed E-state index contributed by atoms with van der Waals surface area (Å²) in [5.74, 6) is -1.04. The van der Waals surface area contributed by atoms with E-state index in [1.165, 1.54) is 0 Å². The minimum atomic E-state index is -1.04. The molecule has 3 aromatic rings. The van der Waals surface area contributed by atoms with Crippen LogP contribution in [0, 0.1) is 22.7 Å². The molecule has 0 fully saturated rings. The number of nitriles is 2. The molecule has 0 radical (unpaired) electrons.